The summed E-state index contributed by atoms with van der Waals surface area (Å²) in [5, 5.41) is 6.63. The van der Waals surface area contributed by atoms with Crippen molar-refractivity contribution in [3.05, 3.63) is 36.3 Å². The van der Waals surface area contributed by atoms with Gasteiger partial charge in [0.15, 0.2) is 0 Å². The molecule has 158 valence electrons. The third kappa shape index (κ3) is 3.96. The third-order valence-electron chi connectivity index (χ3n) is 6.52. The molecule has 29 heavy (non-hydrogen) atoms. The van der Waals surface area contributed by atoms with E-state index in [1.807, 2.05) is 16.7 Å². The highest BCUT2D eigenvalue weighted by molar-refractivity contribution is 5.94. The van der Waals surface area contributed by atoms with Gasteiger partial charge in [-0.15, -0.1) is 24.8 Å². The van der Waals surface area contributed by atoms with Crippen molar-refractivity contribution >= 4 is 42.3 Å². The van der Waals surface area contributed by atoms with E-state index in [1.165, 1.54) is 0 Å². The van der Waals surface area contributed by atoms with Crippen LogP contribution in [-0.2, 0) is 4.79 Å². The number of hydrogen-bond acceptors (Lipinski definition) is 4. The first kappa shape index (κ1) is 21.9. The fraction of sp³-hybridized carbons (Fsp3) is 0.550. The van der Waals surface area contributed by atoms with Crippen LogP contribution in [0.3, 0.4) is 0 Å². The number of amides is 2. The lowest BCUT2D eigenvalue weighted by Gasteiger charge is -2.54. The zero-order chi connectivity index (χ0) is 18.4. The number of nitrogens with zero attached hydrogens (tertiary/aromatic N) is 3. The highest BCUT2D eigenvalue weighted by Crippen LogP contribution is 2.39. The lowest BCUT2D eigenvalue weighted by molar-refractivity contribution is -0.148. The molecule has 0 aromatic carbocycles. The molecule has 5 heterocycles. The Morgan fingerprint density at radius 2 is 2.07 bits per heavy atom. The average molecular weight is 440 g/mol. The summed E-state index contributed by atoms with van der Waals surface area (Å²) >= 11 is 0. The minimum absolute atomic E-state index is 0. The van der Waals surface area contributed by atoms with Gasteiger partial charge >= 0.3 is 0 Å². The molecule has 2 aromatic heterocycles. The quantitative estimate of drug-likeness (QED) is 0.765. The lowest BCUT2D eigenvalue weighted by Crippen LogP contribution is -2.66. The number of piperidine rings is 3. The van der Waals surface area contributed by atoms with Crippen molar-refractivity contribution in [2.45, 2.75) is 37.8 Å². The van der Waals surface area contributed by atoms with Crippen molar-refractivity contribution < 1.29 is 9.59 Å². The van der Waals surface area contributed by atoms with E-state index in [9.17, 15) is 9.59 Å². The molecule has 3 fully saturated rings. The molecule has 0 radical (unpaired) electrons. The number of nitrogens with one attached hydrogen (secondary N) is 2. The van der Waals surface area contributed by atoms with E-state index < -0.39 is 0 Å². The molecule has 5 rings (SSSR count). The van der Waals surface area contributed by atoms with Crippen LogP contribution in [0.25, 0.3) is 5.65 Å². The smallest absolute Gasteiger partial charge is 0.252 e. The van der Waals surface area contributed by atoms with Gasteiger partial charge in [0.05, 0.1) is 11.6 Å². The molecule has 2 aromatic rings. The van der Waals surface area contributed by atoms with Crippen LogP contribution in [0.2, 0.25) is 0 Å². The molecule has 4 atom stereocenters. The van der Waals surface area contributed by atoms with E-state index in [0.717, 1.165) is 38.0 Å². The zero-order valence-electron chi connectivity index (χ0n) is 16.1. The first-order valence-electron chi connectivity index (χ1n) is 9.93. The van der Waals surface area contributed by atoms with Gasteiger partial charge in [0.25, 0.3) is 5.91 Å². The Morgan fingerprint density at radius 1 is 1.24 bits per heavy atom. The number of carbonyl (C=O) groups is 2. The van der Waals surface area contributed by atoms with Crippen molar-refractivity contribution in [1.29, 1.82) is 0 Å². The summed E-state index contributed by atoms with van der Waals surface area (Å²) in [4.78, 5) is 31.7. The van der Waals surface area contributed by atoms with Crippen LogP contribution in [0.5, 0.6) is 0 Å². The molecule has 0 unspecified atom stereocenters. The maximum absolute atomic E-state index is 12.7. The minimum Gasteiger partial charge on any atom is -0.350 e. The number of halogens is 2. The van der Waals surface area contributed by atoms with E-state index in [1.54, 1.807) is 18.5 Å². The van der Waals surface area contributed by atoms with Gasteiger partial charge in [-0.3, -0.25) is 9.59 Å². The molecule has 3 saturated heterocycles. The maximum atomic E-state index is 12.7. The van der Waals surface area contributed by atoms with Crippen LogP contribution in [0.1, 0.15) is 36.0 Å². The van der Waals surface area contributed by atoms with Gasteiger partial charge in [0, 0.05) is 44.1 Å². The molecule has 7 nitrogen and oxygen atoms in total. The van der Waals surface area contributed by atoms with Crippen LogP contribution in [0.15, 0.2) is 30.7 Å². The van der Waals surface area contributed by atoms with Crippen molar-refractivity contribution in [3.63, 3.8) is 0 Å². The minimum atomic E-state index is -0.0995. The highest BCUT2D eigenvalue weighted by Gasteiger charge is 2.47. The predicted molar refractivity (Wildman–Crippen MR) is 115 cm³/mol. The summed E-state index contributed by atoms with van der Waals surface area (Å²) in [5.41, 5.74) is 1.43. The van der Waals surface area contributed by atoms with E-state index in [4.69, 9.17) is 0 Å². The lowest BCUT2D eigenvalue weighted by atomic mass is 9.72. The van der Waals surface area contributed by atoms with Gasteiger partial charge in [-0.05, 0) is 49.8 Å². The average Bonchev–Trinajstić information content (AvgIpc) is 3.16. The maximum Gasteiger partial charge on any atom is 0.252 e. The van der Waals surface area contributed by atoms with Crippen molar-refractivity contribution in [2.24, 2.45) is 11.8 Å². The first-order valence-corrected chi connectivity index (χ1v) is 9.93. The summed E-state index contributed by atoms with van der Waals surface area (Å²) in [6, 6.07) is 4.06. The number of pyridine rings is 1. The van der Waals surface area contributed by atoms with Crippen LogP contribution in [0, 0.1) is 11.8 Å². The van der Waals surface area contributed by atoms with Crippen molar-refractivity contribution in [1.82, 2.24) is 24.9 Å². The fourth-order valence-corrected chi connectivity index (χ4v) is 5.25. The van der Waals surface area contributed by atoms with Crippen molar-refractivity contribution in [2.75, 3.05) is 19.6 Å². The van der Waals surface area contributed by atoms with E-state index in [2.05, 4.69) is 20.5 Å². The predicted octanol–water partition coefficient (Wildman–Crippen LogP) is 1.90. The van der Waals surface area contributed by atoms with E-state index >= 15 is 0 Å². The number of hydrogen-bond donors (Lipinski definition) is 2. The van der Waals surface area contributed by atoms with Gasteiger partial charge < -0.3 is 19.9 Å². The van der Waals surface area contributed by atoms with Crippen LogP contribution < -0.4 is 10.6 Å². The number of fused-ring (bicyclic) bond motifs is 5. The van der Waals surface area contributed by atoms with Crippen LogP contribution in [-0.4, -0.2) is 57.8 Å². The summed E-state index contributed by atoms with van der Waals surface area (Å²) in [6.07, 6.45) is 9.23. The fourth-order valence-electron chi connectivity index (χ4n) is 5.25. The molecule has 0 saturated carbocycles. The molecule has 3 aliphatic heterocycles. The van der Waals surface area contributed by atoms with Gasteiger partial charge in [-0.1, -0.05) is 0 Å². The monoisotopic (exact) mass is 439 g/mol. The largest absolute Gasteiger partial charge is 0.350 e. The SMILES string of the molecule is Cl.Cl.O=C(NC[C@H]1[C@@H]2CNC[C@@H](C2)[C@@H]2CCCC(=O)N21)c1ccc2nccn2c1. The van der Waals surface area contributed by atoms with E-state index in [-0.39, 0.29) is 42.7 Å². The summed E-state index contributed by atoms with van der Waals surface area (Å²) in [7, 11) is 0. The Morgan fingerprint density at radius 3 is 2.93 bits per heavy atom. The Labute approximate surface area is 182 Å². The number of imidazole rings is 1. The molecule has 3 aliphatic rings. The van der Waals surface area contributed by atoms with Gasteiger partial charge in [0.1, 0.15) is 5.65 Å². The summed E-state index contributed by atoms with van der Waals surface area (Å²) in [6.45, 7) is 2.45. The topological polar surface area (TPSA) is 78.7 Å². The van der Waals surface area contributed by atoms with E-state index in [0.29, 0.717) is 36.4 Å². The molecule has 2 amide bonds. The number of carbonyl (C=O) groups excluding carboxylic acids is 2. The third-order valence-corrected chi connectivity index (χ3v) is 6.52. The second-order valence-corrected chi connectivity index (χ2v) is 8.06. The second kappa shape index (κ2) is 8.90. The molecule has 2 N–H and O–H groups in total. The zero-order valence-corrected chi connectivity index (χ0v) is 17.8. The van der Waals surface area contributed by atoms with Crippen LogP contribution in [0.4, 0.5) is 0 Å². The number of aromatic nitrogens is 2. The van der Waals surface area contributed by atoms with Gasteiger partial charge in [-0.25, -0.2) is 4.98 Å². The molecular formula is C20H27Cl2N5O2. The van der Waals surface area contributed by atoms with Crippen LogP contribution >= 0.6 is 24.8 Å². The standard InChI is InChI=1S/C20H25N5O2.2ClH/c26-19-3-1-2-16-14-8-15(10-21-9-14)17(25(16)19)11-23-20(27)13-4-5-18-22-6-7-24(18)12-13;;/h4-7,12,14-17,21H,1-3,8-11H2,(H,23,27);2*1H/t14-,15+,16+,17+;;/m1../s1. The number of rotatable bonds is 3. The summed E-state index contributed by atoms with van der Waals surface area (Å²) in [5.74, 6) is 1.14. The Kier molecular flexibility index (Phi) is 6.71. The Balaban J connectivity index is 0.00000120. The molecule has 0 aliphatic carbocycles. The normalized spacial score (nSPS) is 28.1. The molecule has 0 spiro atoms. The summed E-state index contributed by atoms with van der Waals surface area (Å²) < 4.78 is 1.84. The molecule has 9 heteroatoms. The highest BCUT2D eigenvalue weighted by atomic mass is 35.5. The van der Waals surface area contributed by atoms with Crippen molar-refractivity contribution in [3.8, 4) is 0 Å². The first-order chi connectivity index (χ1) is 13.2. The van der Waals surface area contributed by atoms with Gasteiger partial charge in [0.2, 0.25) is 5.91 Å². The molecular weight excluding hydrogens is 413 g/mol. The van der Waals surface area contributed by atoms with Gasteiger partial charge in [-0.2, -0.15) is 0 Å². The second-order valence-electron chi connectivity index (χ2n) is 8.06. The Hall–Kier alpha value is -1.83. The Bertz CT molecular complexity index is 889. The molecule has 2 bridgehead atoms.